The number of hydrogen-bond acceptors (Lipinski definition) is 3. The number of rotatable bonds is 3. The number of carboxylic acids is 1. The molecule has 0 radical (unpaired) electrons. The average molecular weight is 344 g/mol. The lowest BCUT2D eigenvalue weighted by Gasteiger charge is -2.38. The van der Waals surface area contributed by atoms with E-state index in [1.165, 1.54) is 6.07 Å². The number of hydrogen-bond donors (Lipinski definition) is 1. The summed E-state index contributed by atoms with van der Waals surface area (Å²) in [5.74, 6) is -2.22. The predicted molar refractivity (Wildman–Crippen MR) is 90.5 cm³/mol. The molecule has 2 bridgehead atoms. The highest BCUT2D eigenvalue weighted by atomic mass is 19.1. The van der Waals surface area contributed by atoms with Crippen LogP contribution in [0, 0.1) is 29.5 Å². The van der Waals surface area contributed by atoms with Crippen molar-refractivity contribution in [1.82, 2.24) is 4.90 Å². The molecule has 4 rings (SSSR count). The minimum Gasteiger partial charge on any atom is -0.481 e. The Bertz CT molecular complexity index is 727. The molecule has 1 aromatic carbocycles. The van der Waals surface area contributed by atoms with Gasteiger partial charge in [0.25, 0.3) is 0 Å². The van der Waals surface area contributed by atoms with E-state index in [0.717, 1.165) is 6.42 Å². The molecule has 5 nitrogen and oxygen atoms in total. The molecule has 6 heteroatoms. The quantitative estimate of drug-likeness (QED) is 0.852. The molecule has 1 N–H and O–H groups in total. The summed E-state index contributed by atoms with van der Waals surface area (Å²) < 4.78 is 13.9. The number of allylic oxidation sites excluding steroid dienone is 2. The Morgan fingerprint density at radius 3 is 2.28 bits per heavy atom. The molecule has 1 amide bonds. The molecular formula is C19H21FN2O3. The van der Waals surface area contributed by atoms with Crippen molar-refractivity contribution < 1.29 is 19.1 Å². The van der Waals surface area contributed by atoms with E-state index in [1.54, 1.807) is 23.1 Å². The number of halogens is 1. The summed E-state index contributed by atoms with van der Waals surface area (Å²) in [5, 5.41) is 9.52. The molecule has 2 aliphatic carbocycles. The van der Waals surface area contributed by atoms with Crippen LogP contribution in [0.2, 0.25) is 0 Å². The Balaban J connectivity index is 1.44. The van der Waals surface area contributed by atoms with Crippen molar-refractivity contribution >= 4 is 17.6 Å². The van der Waals surface area contributed by atoms with Gasteiger partial charge < -0.3 is 14.9 Å². The SMILES string of the molecule is O=C(O)[C@H]1[C@H](C(=O)N2CCN(c3ccccc3F)CC2)[C@H]2C=C[C@H]1C2. The Morgan fingerprint density at radius 1 is 1.00 bits per heavy atom. The zero-order chi connectivity index (χ0) is 17.6. The minimum absolute atomic E-state index is 0.0175. The monoisotopic (exact) mass is 344 g/mol. The molecule has 0 spiro atoms. The summed E-state index contributed by atoms with van der Waals surface area (Å²) in [4.78, 5) is 28.3. The van der Waals surface area contributed by atoms with Gasteiger partial charge in [0, 0.05) is 26.2 Å². The molecule has 4 atom stereocenters. The molecule has 0 aromatic heterocycles. The fourth-order valence-electron chi connectivity index (χ4n) is 4.58. The molecule has 1 aromatic rings. The molecular weight excluding hydrogens is 323 g/mol. The zero-order valence-corrected chi connectivity index (χ0v) is 13.8. The normalized spacial score (nSPS) is 30.8. The Labute approximate surface area is 145 Å². The topological polar surface area (TPSA) is 60.9 Å². The summed E-state index contributed by atoms with van der Waals surface area (Å²) in [5.41, 5.74) is 0.556. The lowest BCUT2D eigenvalue weighted by Crippen LogP contribution is -2.52. The maximum Gasteiger partial charge on any atom is 0.307 e. The number of carbonyl (C=O) groups excluding carboxylic acids is 1. The highest BCUT2D eigenvalue weighted by Crippen LogP contribution is 2.48. The first-order valence-electron chi connectivity index (χ1n) is 8.75. The summed E-state index contributed by atoms with van der Waals surface area (Å²) in [6.45, 7) is 2.11. The second kappa shape index (κ2) is 6.17. The van der Waals surface area contributed by atoms with E-state index in [1.807, 2.05) is 17.1 Å². The molecule has 1 saturated carbocycles. The number of para-hydroxylation sites is 1. The van der Waals surface area contributed by atoms with Crippen molar-refractivity contribution in [2.45, 2.75) is 6.42 Å². The standard InChI is InChI=1S/C19H21FN2O3/c20-14-3-1-2-4-15(14)21-7-9-22(10-8-21)18(23)16-12-5-6-13(11-12)17(16)19(24)25/h1-6,12-13,16-17H,7-11H2,(H,24,25)/t12-,13-,16+,17+/m0/s1. The molecule has 0 unspecified atom stereocenters. The van der Waals surface area contributed by atoms with E-state index >= 15 is 0 Å². The van der Waals surface area contributed by atoms with Crippen LogP contribution >= 0.6 is 0 Å². The number of anilines is 1. The zero-order valence-electron chi connectivity index (χ0n) is 13.8. The van der Waals surface area contributed by atoms with Gasteiger partial charge in [-0.15, -0.1) is 0 Å². The van der Waals surface area contributed by atoms with E-state index in [-0.39, 0.29) is 23.6 Å². The number of carboxylic acid groups (broad SMARTS) is 1. The lowest BCUT2D eigenvalue weighted by atomic mass is 9.82. The van der Waals surface area contributed by atoms with Gasteiger partial charge in [0.2, 0.25) is 5.91 Å². The van der Waals surface area contributed by atoms with Crippen molar-refractivity contribution in [3.8, 4) is 0 Å². The number of nitrogens with zero attached hydrogens (tertiary/aromatic N) is 2. The van der Waals surface area contributed by atoms with Crippen molar-refractivity contribution in [1.29, 1.82) is 0 Å². The van der Waals surface area contributed by atoms with Crippen LogP contribution in [0.25, 0.3) is 0 Å². The van der Waals surface area contributed by atoms with Crippen molar-refractivity contribution in [3.05, 3.63) is 42.2 Å². The third-order valence-electron chi connectivity index (χ3n) is 5.81. The Hall–Kier alpha value is -2.37. The predicted octanol–water partition coefficient (Wildman–Crippen LogP) is 2.00. The molecule has 2 fully saturated rings. The van der Waals surface area contributed by atoms with Gasteiger partial charge in [-0.1, -0.05) is 24.3 Å². The lowest BCUT2D eigenvalue weighted by molar-refractivity contribution is -0.151. The summed E-state index contributed by atoms with van der Waals surface area (Å²) in [6.07, 6.45) is 4.72. The summed E-state index contributed by atoms with van der Waals surface area (Å²) in [7, 11) is 0. The molecule has 1 heterocycles. The molecule has 1 saturated heterocycles. The van der Waals surface area contributed by atoms with Gasteiger partial charge in [-0.2, -0.15) is 0 Å². The third-order valence-corrected chi connectivity index (χ3v) is 5.81. The maximum absolute atomic E-state index is 13.9. The van der Waals surface area contributed by atoms with Crippen LogP contribution in [-0.2, 0) is 9.59 Å². The summed E-state index contributed by atoms with van der Waals surface area (Å²) in [6, 6.07) is 6.64. The van der Waals surface area contributed by atoms with Crippen LogP contribution in [0.3, 0.4) is 0 Å². The van der Waals surface area contributed by atoms with Gasteiger partial charge in [-0.3, -0.25) is 9.59 Å². The van der Waals surface area contributed by atoms with Gasteiger partial charge in [0.05, 0.1) is 17.5 Å². The second-order valence-electron chi connectivity index (χ2n) is 7.10. The fourth-order valence-corrected chi connectivity index (χ4v) is 4.58. The smallest absolute Gasteiger partial charge is 0.307 e. The number of fused-ring (bicyclic) bond motifs is 2. The van der Waals surface area contributed by atoms with Gasteiger partial charge in [0.1, 0.15) is 5.82 Å². The largest absolute Gasteiger partial charge is 0.481 e. The second-order valence-corrected chi connectivity index (χ2v) is 7.10. The number of aliphatic carboxylic acids is 1. The van der Waals surface area contributed by atoms with Crippen molar-refractivity contribution in [2.24, 2.45) is 23.7 Å². The third kappa shape index (κ3) is 2.69. The van der Waals surface area contributed by atoms with Gasteiger partial charge in [0.15, 0.2) is 0 Å². The highest BCUT2D eigenvalue weighted by Gasteiger charge is 2.52. The first-order chi connectivity index (χ1) is 12.1. The van der Waals surface area contributed by atoms with Crippen molar-refractivity contribution in [3.63, 3.8) is 0 Å². The van der Waals surface area contributed by atoms with Crippen LogP contribution in [-0.4, -0.2) is 48.1 Å². The van der Waals surface area contributed by atoms with E-state index < -0.39 is 17.8 Å². The molecule has 1 aliphatic heterocycles. The average Bonchev–Trinajstić information content (AvgIpc) is 3.23. The van der Waals surface area contributed by atoms with Crippen LogP contribution in [0.1, 0.15) is 6.42 Å². The number of amides is 1. The molecule has 3 aliphatic rings. The Morgan fingerprint density at radius 2 is 1.64 bits per heavy atom. The first-order valence-corrected chi connectivity index (χ1v) is 8.75. The van der Waals surface area contributed by atoms with Crippen LogP contribution in [0.5, 0.6) is 0 Å². The number of benzene rings is 1. The van der Waals surface area contributed by atoms with E-state index in [0.29, 0.717) is 31.9 Å². The highest BCUT2D eigenvalue weighted by molar-refractivity contribution is 5.87. The maximum atomic E-state index is 13.9. The van der Waals surface area contributed by atoms with Crippen LogP contribution < -0.4 is 4.90 Å². The van der Waals surface area contributed by atoms with Gasteiger partial charge in [-0.05, 0) is 30.4 Å². The molecule has 25 heavy (non-hydrogen) atoms. The van der Waals surface area contributed by atoms with Gasteiger partial charge in [-0.25, -0.2) is 4.39 Å². The number of carbonyl (C=O) groups is 2. The van der Waals surface area contributed by atoms with E-state index in [2.05, 4.69) is 0 Å². The van der Waals surface area contributed by atoms with E-state index in [9.17, 15) is 19.1 Å². The molecule has 132 valence electrons. The number of piperazine rings is 1. The first kappa shape index (κ1) is 16.1. The van der Waals surface area contributed by atoms with Gasteiger partial charge >= 0.3 is 5.97 Å². The van der Waals surface area contributed by atoms with Crippen molar-refractivity contribution in [2.75, 3.05) is 31.1 Å². The van der Waals surface area contributed by atoms with Crippen LogP contribution in [0.15, 0.2) is 36.4 Å². The minimum atomic E-state index is -0.875. The van der Waals surface area contributed by atoms with Crippen LogP contribution in [0.4, 0.5) is 10.1 Å². The van der Waals surface area contributed by atoms with E-state index in [4.69, 9.17) is 0 Å². The Kier molecular flexibility index (Phi) is 3.98. The summed E-state index contributed by atoms with van der Waals surface area (Å²) >= 11 is 0. The fraction of sp³-hybridized carbons (Fsp3) is 0.474.